The van der Waals surface area contributed by atoms with Crippen molar-refractivity contribution in [3.8, 4) is 0 Å². The highest BCUT2D eigenvalue weighted by Gasteiger charge is 2.16. The third kappa shape index (κ3) is 34.7. The summed E-state index contributed by atoms with van der Waals surface area (Å²) >= 11 is 0. The van der Waals surface area contributed by atoms with Gasteiger partial charge in [0.15, 0.2) is 6.10 Å². The average molecular weight is 645 g/mol. The van der Waals surface area contributed by atoms with Crippen molar-refractivity contribution in [3.05, 3.63) is 48.6 Å². The van der Waals surface area contributed by atoms with E-state index in [9.17, 15) is 14.7 Å². The fraction of sp³-hybridized carbons (Fsp3) is 0.756. The van der Waals surface area contributed by atoms with Crippen molar-refractivity contribution in [2.45, 2.75) is 187 Å². The van der Waals surface area contributed by atoms with Crippen molar-refractivity contribution in [2.75, 3.05) is 13.2 Å². The molecule has 0 aliphatic carbocycles. The topological polar surface area (TPSA) is 72.8 Å². The van der Waals surface area contributed by atoms with Crippen LogP contribution in [0.15, 0.2) is 48.6 Å². The van der Waals surface area contributed by atoms with E-state index in [4.69, 9.17) is 9.47 Å². The number of aliphatic hydroxyl groups excluding tert-OH is 1. The predicted octanol–water partition coefficient (Wildman–Crippen LogP) is 11.8. The van der Waals surface area contributed by atoms with Crippen LogP contribution in [0, 0.1) is 0 Å². The third-order valence-corrected chi connectivity index (χ3v) is 8.13. The fourth-order valence-corrected chi connectivity index (χ4v) is 5.19. The van der Waals surface area contributed by atoms with Gasteiger partial charge >= 0.3 is 11.9 Å². The minimum absolute atomic E-state index is 0.0930. The molecule has 0 saturated heterocycles. The summed E-state index contributed by atoms with van der Waals surface area (Å²) in [6, 6.07) is 0. The lowest BCUT2D eigenvalue weighted by Crippen LogP contribution is -2.28. The van der Waals surface area contributed by atoms with Gasteiger partial charge in [0.25, 0.3) is 0 Å². The zero-order valence-electron chi connectivity index (χ0n) is 30.1. The molecule has 0 unspecified atom stereocenters. The summed E-state index contributed by atoms with van der Waals surface area (Å²) in [7, 11) is 0. The molecule has 0 spiro atoms. The first-order valence-electron chi connectivity index (χ1n) is 19.2. The van der Waals surface area contributed by atoms with Gasteiger partial charge < -0.3 is 14.6 Å². The number of ether oxygens (including phenoxy) is 2. The van der Waals surface area contributed by atoms with Crippen LogP contribution >= 0.6 is 0 Å². The fourth-order valence-electron chi connectivity index (χ4n) is 5.19. The van der Waals surface area contributed by atoms with E-state index in [1.807, 2.05) is 0 Å². The molecule has 5 nitrogen and oxygen atoms in total. The summed E-state index contributed by atoms with van der Waals surface area (Å²) < 4.78 is 10.6. The Labute approximate surface area is 284 Å². The van der Waals surface area contributed by atoms with Crippen LogP contribution in [0.5, 0.6) is 0 Å². The van der Waals surface area contributed by atoms with Crippen LogP contribution in [0.3, 0.4) is 0 Å². The van der Waals surface area contributed by atoms with Crippen molar-refractivity contribution in [1.82, 2.24) is 0 Å². The molecule has 0 aromatic rings. The van der Waals surface area contributed by atoms with E-state index in [-0.39, 0.29) is 25.2 Å². The van der Waals surface area contributed by atoms with Gasteiger partial charge in [0.2, 0.25) is 0 Å². The monoisotopic (exact) mass is 645 g/mol. The number of rotatable bonds is 34. The minimum Gasteiger partial charge on any atom is -0.462 e. The Balaban J connectivity index is 3.66. The van der Waals surface area contributed by atoms with E-state index >= 15 is 0 Å². The highest BCUT2D eigenvalue weighted by atomic mass is 16.6. The summed E-state index contributed by atoms with van der Waals surface area (Å²) in [5.41, 5.74) is 0. The Kier molecular flexibility index (Phi) is 35.6. The molecule has 266 valence electrons. The Hall–Kier alpha value is -2.14. The quantitative estimate of drug-likeness (QED) is 0.0429. The highest BCUT2D eigenvalue weighted by Crippen LogP contribution is 2.14. The number of allylic oxidation sites excluding steroid dienone is 8. The molecule has 0 amide bonds. The molecule has 5 heteroatoms. The van der Waals surface area contributed by atoms with E-state index in [0.717, 1.165) is 44.9 Å². The van der Waals surface area contributed by atoms with Gasteiger partial charge in [-0.2, -0.15) is 0 Å². The number of hydrogen-bond donors (Lipinski definition) is 1. The van der Waals surface area contributed by atoms with E-state index in [1.54, 1.807) is 0 Å². The summed E-state index contributed by atoms with van der Waals surface area (Å²) in [6.45, 7) is 4.06. The summed E-state index contributed by atoms with van der Waals surface area (Å²) in [5.74, 6) is -0.655. The Morgan fingerprint density at radius 3 is 1.37 bits per heavy atom. The Morgan fingerprint density at radius 2 is 0.891 bits per heavy atom. The number of aliphatic hydroxyl groups is 1. The molecule has 0 aromatic heterocycles. The van der Waals surface area contributed by atoms with Gasteiger partial charge in [-0.3, -0.25) is 9.59 Å². The van der Waals surface area contributed by atoms with Crippen LogP contribution in [0.1, 0.15) is 181 Å². The average Bonchev–Trinajstić information content (AvgIpc) is 3.06. The second-order valence-corrected chi connectivity index (χ2v) is 12.7. The largest absolute Gasteiger partial charge is 0.462 e. The van der Waals surface area contributed by atoms with Gasteiger partial charge in [-0.1, -0.05) is 165 Å². The van der Waals surface area contributed by atoms with Gasteiger partial charge in [-0.25, -0.2) is 0 Å². The van der Waals surface area contributed by atoms with Crippen LogP contribution < -0.4 is 0 Å². The zero-order valence-corrected chi connectivity index (χ0v) is 30.1. The smallest absolute Gasteiger partial charge is 0.306 e. The first kappa shape index (κ1) is 43.9. The number of carbonyl (C=O) groups is 2. The SMILES string of the molecule is CCCCC/C=C/C/C=C/C/C=C/C/C=C/CCCC(=O)OC[C@H](CO)OC(=O)CCCCCCCCCCCCCCCCC. The first-order chi connectivity index (χ1) is 22.6. The van der Waals surface area contributed by atoms with Crippen LogP contribution in [-0.4, -0.2) is 36.4 Å². The second kappa shape index (κ2) is 37.3. The summed E-state index contributed by atoms with van der Waals surface area (Å²) in [4.78, 5) is 24.2. The normalized spacial score (nSPS) is 12.7. The summed E-state index contributed by atoms with van der Waals surface area (Å²) in [5, 5.41) is 9.53. The molecular weight excluding hydrogens is 572 g/mol. The molecule has 46 heavy (non-hydrogen) atoms. The molecule has 0 fully saturated rings. The molecule has 0 bridgehead atoms. The number of carbonyl (C=O) groups excluding carboxylic acids is 2. The Morgan fingerprint density at radius 1 is 0.500 bits per heavy atom. The lowest BCUT2D eigenvalue weighted by atomic mass is 10.0. The van der Waals surface area contributed by atoms with Crippen molar-refractivity contribution in [1.29, 1.82) is 0 Å². The summed E-state index contributed by atoms with van der Waals surface area (Å²) in [6.07, 6.45) is 46.0. The van der Waals surface area contributed by atoms with E-state index in [2.05, 4.69) is 62.5 Å². The zero-order chi connectivity index (χ0) is 33.6. The molecule has 0 saturated carbocycles. The first-order valence-corrected chi connectivity index (χ1v) is 19.2. The van der Waals surface area contributed by atoms with E-state index in [1.165, 1.54) is 103 Å². The number of esters is 2. The van der Waals surface area contributed by atoms with Gasteiger partial charge in [0, 0.05) is 12.8 Å². The van der Waals surface area contributed by atoms with Crippen molar-refractivity contribution in [3.63, 3.8) is 0 Å². The second-order valence-electron chi connectivity index (χ2n) is 12.7. The van der Waals surface area contributed by atoms with Gasteiger partial charge in [0.1, 0.15) is 6.61 Å². The molecule has 0 aliphatic rings. The molecule has 0 radical (unpaired) electrons. The van der Waals surface area contributed by atoms with Crippen molar-refractivity contribution in [2.24, 2.45) is 0 Å². The maximum atomic E-state index is 12.1. The van der Waals surface area contributed by atoms with Gasteiger partial charge in [-0.15, -0.1) is 0 Å². The minimum atomic E-state index is -0.790. The maximum Gasteiger partial charge on any atom is 0.306 e. The molecule has 0 heterocycles. The number of hydrogen-bond acceptors (Lipinski definition) is 5. The van der Waals surface area contributed by atoms with Crippen LogP contribution in [0.2, 0.25) is 0 Å². The lowest BCUT2D eigenvalue weighted by molar-refractivity contribution is -0.161. The van der Waals surface area contributed by atoms with Crippen LogP contribution in [0.4, 0.5) is 0 Å². The van der Waals surface area contributed by atoms with Gasteiger partial charge in [0.05, 0.1) is 6.61 Å². The van der Waals surface area contributed by atoms with Gasteiger partial charge in [-0.05, 0) is 51.4 Å². The predicted molar refractivity (Wildman–Crippen MR) is 196 cm³/mol. The molecular formula is C41H72O5. The highest BCUT2D eigenvalue weighted by molar-refractivity contribution is 5.70. The molecule has 1 N–H and O–H groups in total. The molecule has 0 aromatic carbocycles. The number of unbranched alkanes of at least 4 members (excludes halogenated alkanes) is 18. The van der Waals surface area contributed by atoms with Crippen molar-refractivity contribution < 1.29 is 24.2 Å². The Bertz CT molecular complexity index is 782. The van der Waals surface area contributed by atoms with Crippen molar-refractivity contribution >= 4 is 11.9 Å². The lowest BCUT2D eigenvalue weighted by Gasteiger charge is -2.15. The molecule has 0 aliphatic heterocycles. The third-order valence-electron chi connectivity index (χ3n) is 8.13. The molecule has 0 rings (SSSR count). The molecule has 1 atom stereocenters. The van der Waals surface area contributed by atoms with E-state index < -0.39 is 6.10 Å². The van der Waals surface area contributed by atoms with Crippen LogP contribution in [-0.2, 0) is 19.1 Å². The maximum absolute atomic E-state index is 12.1. The van der Waals surface area contributed by atoms with Crippen LogP contribution in [0.25, 0.3) is 0 Å². The standard InChI is InChI=1S/C41H72O5/c1-3-5-7-9-11-13-15-17-19-20-22-23-25-27-29-31-33-35-40(43)45-38-39(37-42)46-41(44)36-34-32-30-28-26-24-21-18-16-14-12-10-8-6-4-2/h11,13,17,19,22-23,27,29,39,42H,3-10,12,14-16,18,20-21,24-26,28,30-38H2,1-2H3/b13-11+,19-17+,23-22+,29-27+/t39-/m0/s1. The van der Waals surface area contributed by atoms with E-state index in [0.29, 0.717) is 19.3 Å².